The van der Waals surface area contributed by atoms with Gasteiger partial charge in [-0.05, 0) is 35.4 Å². The molecule has 0 radical (unpaired) electrons. The number of hydrogen-bond acceptors (Lipinski definition) is 2. The third-order valence-corrected chi connectivity index (χ3v) is 2.86. The van der Waals surface area contributed by atoms with E-state index in [2.05, 4.69) is 13.2 Å². The summed E-state index contributed by atoms with van der Waals surface area (Å²) in [6, 6.07) is 15.5. The predicted octanol–water partition coefficient (Wildman–Crippen LogP) is 4.10. The van der Waals surface area contributed by atoms with Crippen molar-refractivity contribution in [2.75, 3.05) is 5.73 Å². The van der Waals surface area contributed by atoms with Crippen molar-refractivity contribution >= 4 is 17.5 Å². The molecule has 0 aromatic heterocycles. The predicted molar refractivity (Wildman–Crippen MR) is 81.2 cm³/mol. The Balaban J connectivity index is 1.96. The van der Waals surface area contributed by atoms with E-state index in [9.17, 15) is 0 Å². The van der Waals surface area contributed by atoms with Crippen LogP contribution in [0, 0.1) is 0 Å². The molecule has 0 saturated carbocycles. The molecule has 0 bridgehead atoms. The standard InChI is InChI=1S/C17H17NO/c1-3-14-4-6-15(7-5-14)12-19-13(2)16-8-10-17(18)11-9-16/h3-11H,1-2,12,18H2. The van der Waals surface area contributed by atoms with Gasteiger partial charge in [0.15, 0.2) is 0 Å². The highest BCUT2D eigenvalue weighted by Crippen LogP contribution is 2.17. The molecule has 0 spiro atoms. The molecule has 0 fully saturated rings. The van der Waals surface area contributed by atoms with Gasteiger partial charge in [0.2, 0.25) is 0 Å². The van der Waals surface area contributed by atoms with Crippen LogP contribution in [0.25, 0.3) is 11.8 Å². The summed E-state index contributed by atoms with van der Waals surface area (Å²) >= 11 is 0. The zero-order valence-corrected chi connectivity index (χ0v) is 10.8. The van der Waals surface area contributed by atoms with Crippen molar-refractivity contribution in [2.45, 2.75) is 6.61 Å². The lowest BCUT2D eigenvalue weighted by molar-refractivity contribution is 0.265. The van der Waals surface area contributed by atoms with Crippen molar-refractivity contribution in [3.63, 3.8) is 0 Å². The van der Waals surface area contributed by atoms with Gasteiger partial charge in [-0.2, -0.15) is 0 Å². The molecule has 0 saturated heterocycles. The van der Waals surface area contributed by atoms with E-state index in [1.165, 1.54) is 0 Å². The normalized spacial score (nSPS) is 9.89. The first kappa shape index (κ1) is 13.0. The Labute approximate surface area is 113 Å². The summed E-state index contributed by atoms with van der Waals surface area (Å²) in [4.78, 5) is 0. The van der Waals surface area contributed by atoms with Crippen molar-refractivity contribution in [3.8, 4) is 0 Å². The van der Waals surface area contributed by atoms with Crippen LogP contribution in [0.4, 0.5) is 5.69 Å². The van der Waals surface area contributed by atoms with Gasteiger partial charge in [0, 0.05) is 11.3 Å². The largest absolute Gasteiger partial charge is 0.489 e. The highest BCUT2D eigenvalue weighted by atomic mass is 16.5. The van der Waals surface area contributed by atoms with Crippen molar-refractivity contribution in [1.82, 2.24) is 0 Å². The minimum absolute atomic E-state index is 0.501. The fraction of sp³-hybridized carbons (Fsp3) is 0.0588. The van der Waals surface area contributed by atoms with Crippen molar-refractivity contribution in [2.24, 2.45) is 0 Å². The van der Waals surface area contributed by atoms with Crippen molar-refractivity contribution in [3.05, 3.63) is 78.4 Å². The average Bonchev–Trinajstić information content (AvgIpc) is 2.46. The molecule has 0 atom stereocenters. The Morgan fingerprint density at radius 2 is 1.68 bits per heavy atom. The van der Waals surface area contributed by atoms with Gasteiger partial charge < -0.3 is 10.5 Å². The van der Waals surface area contributed by atoms with E-state index in [1.54, 1.807) is 0 Å². The summed E-state index contributed by atoms with van der Waals surface area (Å²) in [5.41, 5.74) is 9.51. The molecule has 0 aliphatic carbocycles. The zero-order valence-electron chi connectivity index (χ0n) is 10.8. The van der Waals surface area contributed by atoms with Crippen LogP contribution in [0.3, 0.4) is 0 Å². The Morgan fingerprint density at radius 3 is 2.26 bits per heavy atom. The maximum Gasteiger partial charge on any atom is 0.119 e. The van der Waals surface area contributed by atoms with Crippen LogP contribution in [-0.4, -0.2) is 0 Å². The van der Waals surface area contributed by atoms with Gasteiger partial charge in [-0.15, -0.1) is 0 Å². The molecule has 2 rings (SSSR count). The van der Waals surface area contributed by atoms with E-state index in [4.69, 9.17) is 10.5 Å². The number of nitrogen functional groups attached to an aromatic ring is 1. The van der Waals surface area contributed by atoms with Gasteiger partial charge in [0.1, 0.15) is 12.4 Å². The molecular weight excluding hydrogens is 234 g/mol. The van der Waals surface area contributed by atoms with Crippen LogP contribution in [0.1, 0.15) is 16.7 Å². The number of nitrogens with two attached hydrogens (primary N) is 1. The molecule has 0 amide bonds. The Kier molecular flexibility index (Phi) is 4.04. The molecule has 0 heterocycles. The number of benzene rings is 2. The SMILES string of the molecule is C=Cc1ccc(COC(=C)c2ccc(N)cc2)cc1. The van der Waals surface area contributed by atoms with Crippen LogP contribution in [0.2, 0.25) is 0 Å². The van der Waals surface area contributed by atoms with Gasteiger partial charge in [-0.25, -0.2) is 0 Å². The van der Waals surface area contributed by atoms with Gasteiger partial charge in [-0.1, -0.05) is 43.5 Å². The zero-order chi connectivity index (χ0) is 13.7. The summed E-state index contributed by atoms with van der Waals surface area (Å²) in [6.07, 6.45) is 1.82. The first-order valence-electron chi connectivity index (χ1n) is 6.08. The fourth-order valence-corrected chi connectivity index (χ4v) is 1.67. The molecule has 2 aromatic carbocycles. The summed E-state index contributed by atoms with van der Waals surface area (Å²) in [5.74, 6) is 0.646. The van der Waals surface area contributed by atoms with Crippen LogP contribution in [0.5, 0.6) is 0 Å². The molecule has 2 heteroatoms. The first-order valence-corrected chi connectivity index (χ1v) is 6.08. The lowest BCUT2D eigenvalue weighted by atomic mass is 10.1. The third-order valence-electron chi connectivity index (χ3n) is 2.86. The maximum absolute atomic E-state index is 5.67. The van der Waals surface area contributed by atoms with E-state index < -0.39 is 0 Å². The second-order valence-corrected chi connectivity index (χ2v) is 4.28. The summed E-state index contributed by atoms with van der Waals surface area (Å²) in [6.45, 7) is 8.15. The van der Waals surface area contributed by atoms with E-state index in [1.807, 2.05) is 54.6 Å². The smallest absolute Gasteiger partial charge is 0.119 e. The van der Waals surface area contributed by atoms with E-state index in [-0.39, 0.29) is 0 Å². The van der Waals surface area contributed by atoms with Gasteiger partial charge >= 0.3 is 0 Å². The Morgan fingerprint density at radius 1 is 1.05 bits per heavy atom. The molecule has 2 N–H and O–H groups in total. The second kappa shape index (κ2) is 5.91. The third kappa shape index (κ3) is 3.49. The maximum atomic E-state index is 5.67. The van der Waals surface area contributed by atoms with Crippen LogP contribution in [-0.2, 0) is 11.3 Å². The van der Waals surface area contributed by atoms with E-state index >= 15 is 0 Å². The van der Waals surface area contributed by atoms with Gasteiger partial charge in [-0.3, -0.25) is 0 Å². The summed E-state index contributed by atoms with van der Waals surface area (Å²) in [7, 11) is 0. The molecule has 96 valence electrons. The minimum Gasteiger partial charge on any atom is -0.489 e. The fourth-order valence-electron chi connectivity index (χ4n) is 1.67. The van der Waals surface area contributed by atoms with Gasteiger partial charge in [0.25, 0.3) is 0 Å². The summed E-state index contributed by atoms with van der Waals surface area (Å²) in [5, 5.41) is 0. The Hall–Kier alpha value is -2.48. The molecule has 0 aliphatic rings. The highest BCUT2D eigenvalue weighted by Gasteiger charge is 2.00. The molecular formula is C17H17NO. The van der Waals surface area contributed by atoms with Gasteiger partial charge in [0.05, 0.1) is 0 Å². The lowest BCUT2D eigenvalue weighted by Crippen LogP contribution is -1.93. The van der Waals surface area contributed by atoms with Crippen LogP contribution < -0.4 is 5.73 Å². The van der Waals surface area contributed by atoms with E-state index in [0.29, 0.717) is 12.4 Å². The topological polar surface area (TPSA) is 35.2 Å². The number of ether oxygens (including phenoxy) is 1. The van der Waals surface area contributed by atoms with Crippen molar-refractivity contribution in [1.29, 1.82) is 0 Å². The quantitative estimate of drug-likeness (QED) is 0.641. The van der Waals surface area contributed by atoms with Crippen molar-refractivity contribution < 1.29 is 4.74 Å². The second-order valence-electron chi connectivity index (χ2n) is 4.28. The molecule has 2 nitrogen and oxygen atoms in total. The van der Waals surface area contributed by atoms with E-state index in [0.717, 1.165) is 22.4 Å². The minimum atomic E-state index is 0.501. The lowest BCUT2D eigenvalue weighted by Gasteiger charge is -2.09. The molecule has 0 aliphatic heterocycles. The number of rotatable bonds is 5. The van der Waals surface area contributed by atoms with Crippen LogP contribution in [0.15, 0.2) is 61.7 Å². The Bertz CT molecular complexity index is 567. The van der Waals surface area contributed by atoms with Crippen LogP contribution >= 0.6 is 0 Å². The number of hydrogen-bond donors (Lipinski definition) is 1. The monoisotopic (exact) mass is 251 g/mol. The first-order chi connectivity index (χ1) is 9.19. The molecule has 0 unspecified atom stereocenters. The average molecular weight is 251 g/mol. The summed E-state index contributed by atoms with van der Waals surface area (Å²) < 4.78 is 5.67. The number of anilines is 1. The highest BCUT2D eigenvalue weighted by molar-refractivity contribution is 5.59. The molecule has 19 heavy (non-hydrogen) atoms. The molecule has 2 aromatic rings.